The standard InChI is InChI=1S/C16H22ClN3/c1-3-16(13-6-4-8-15(17)10-13)18-9-5-7-14-11-19-20-12(14)2/h4,6,8,10-11,16,18H,3,5,7,9H2,1-2H3,(H,19,20). The summed E-state index contributed by atoms with van der Waals surface area (Å²) >= 11 is 6.05. The summed E-state index contributed by atoms with van der Waals surface area (Å²) in [4.78, 5) is 0. The van der Waals surface area contributed by atoms with Gasteiger partial charge in [-0.1, -0.05) is 30.7 Å². The smallest absolute Gasteiger partial charge is 0.0522 e. The maximum atomic E-state index is 6.05. The van der Waals surface area contributed by atoms with Crippen LogP contribution in [0.3, 0.4) is 0 Å². The summed E-state index contributed by atoms with van der Waals surface area (Å²) in [5.74, 6) is 0. The number of aryl methyl sites for hydroxylation is 2. The van der Waals surface area contributed by atoms with E-state index >= 15 is 0 Å². The largest absolute Gasteiger partial charge is 0.310 e. The van der Waals surface area contributed by atoms with Crippen molar-refractivity contribution >= 4 is 11.6 Å². The van der Waals surface area contributed by atoms with Crippen LogP contribution in [0.25, 0.3) is 0 Å². The molecule has 1 unspecified atom stereocenters. The molecule has 0 spiro atoms. The normalized spacial score (nSPS) is 12.6. The average molecular weight is 292 g/mol. The molecule has 108 valence electrons. The summed E-state index contributed by atoms with van der Waals surface area (Å²) in [6.07, 6.45) is 5.15. The quantitative estimate of drug-likeness (QED) is 0.756. The Morgan fingerprint density at radius 2 is 2.25 bits per heavy atom. The fourth-order valence-corrected chi connectivity index (χ4v) is 2.60. The van der Waals surface area contributed by atoms with E-state index in [2.05, 4.69) is 35.4 Å². The van der Waals surface area contributed by atoms with Crippen molar-refractivity contribution in [3.63, 3.8) is 0 Å². The predicted molar refractivity (Wildman–Crippen MR) is 84.1 cm³/mol. The van der Waals surface area contributed by atoms with Gasteiger partial charge in [0.15, 0.2) is 0 Å². The summed E-state index contributed by atoms with van der Waals surface area (Å²) in [6.45, 7) is 5.25. The molecule has 0 saturated carbocycles. The molecule has 0 saturated heterocycles. The van der Waals surface area contributed by atoms with Crippen molar-refractivity contribution in [2.24, 2.45) is 0 Å². The number of hydrogen-bond donors (Lipinski definition) is 2. The lowest BCUT2D eigenvalue weighted by molar-refractivity contribution is 0.510. The van der Waals surface area contributed by atoms with E-state index in [0.717, 1.165) is 30.8 Å². The third-order valence-electron chi connectivity index (χ3n) is 3.61. The van der Waals surface area contributed by atoms with Crippen LogP contribution in [0.4, 0.5) is 0 Å². The summed E-state index contributed by atoms with van der Waals surface area (Å²) < 4.78 is 0. The lowest BCUT2D eigenvalue weighted by atomic mass is 10.0. The summed E-state index contributed by atoms with van der Waals surface area (Å²) in [7, 11) is 0. The number of H-pyrrole nitrogens is 1. The van der Waals surface area contributed by atoms with E-state index in [1.807, 2.05) is 24.4 Å². The van der Waals surface area contributed by atoms with Crippen molar-refractivity contribution in [2.45, 2.75) is 39.2 Å². The molecule has 1 aromatic carbocycles. The van der Waals surface area contributed by atoms with Crippen LogP contribution < -0.4 is 5.32 Å². The van der Waals surface area contributed by atoms with Gasteiger partial charge in [0.1, 0.15) is 0 Å². The van der Waals surface area contributed by atoms with Crippen molar-refractivity contribution in [1.82, 2.24) is 15.5 Å². The third-order valence-corrected chi connectivity index (χ3v) is 3.84. The fraction of sp³-hybridized carbons (Fsp3) is 0.438. The Hall–Kier alpha value is -1.32. The number of aromatic nitrogens is 2. The SMILES string of the molecule is CCC(NCCCc1cn[nH]c1C)c1cccc(Cl)c1. The van der Waals surface area contributed by atoms with Gasteiger partial charge in [-0.25, -0.2) is 0 Å². The predicted octanol–water partition coefficient (Wildman–Crippen LogP) is 4.05. The van der Waals surface area contributed by atoms with Crippen LogP contribution in [0.2, 0.25) is 5.02 Å². The topological polar surface area (TPSA) is 40.7 Å². The maximum absolute atomic E-state index is 6.05. The minimum absolute atomic E-state index is 0.374. The Morgan fingerprint density at radius 1 is 1.40 bits per heavy atom. The van der Waals surface area contributed by atoms with Gasteiger partial charge in [-0.15, -0.1) is 0 Å². The highest BCUT2D eigenvalue weighted by molar-refractivity contribution is 6.30. The van der Waals surface area contributed by atoms with Gasteiger partial charge in [0.2, 0.25) is 0 Å². The van der Waals surface area contributed by atoms with Crippen LogP contribution in [-0.2, 0) is 6.42 Å². The van der Waals surface area contributed by atoms with E-state index in [0.29, 0.717) is 6.04 Å². The van der Waals surface area contributed by atoms with E-state index in [-0.39, 0.29) is 0 Å². The highest BCUT2D eigenvalue weighted by atomic mass is 35.5. The third kappa shape index (κ3) is 4.09. The summed E-state index contributed by atoms with van der Waals surface area (Å²) in [6, 6.07) is 8.48. The molecule has 0 aliphatic rings. The lowest BCUT2D eigenvalue weighted by Gasteiger charge is -2.17. The lowest BCUT2D eigenvalue weighted by Crippen LogP contribution is -2.22. The Balaban J connectivity index is 1.81. The van der Waals surface area contributed by atoms with Gasteiger partial charge in [-0.2, -0.15) is 5.10 Å². The molecule has 2 aromatic rings. The molecular weight excluding hydrogens is 270 g/mol. The van der Waals surface area contributed by atoms with Crippen molar-refractivity contribution in [3.05, 3.63) is 52.3 Å². The molecule has 0 aliphatic heterocycles. The van der Waals surface area contributed by atoms with E-state index in [1.165, 1.54) is 16.8 Å². The molecule has 1 atom stereocenters. The van der Waals surface area contributed by atoms with Crippen molar-refractivity contribution in [2.75, 3.05) is 6.54 Å². The van der Waals surface area contributed by atoms with Gasteiger partial charge >= 0.3 is 0 Å². The van der Waals surface area contributed by atoms with Crippen LogP contribution in [-0.4, -0.2) is 16.7 Å². The number of hydrogen-bond acceptors (Lipinski definition) is 2. The Morgan fingerprint density at radius 3 is 2.90 bits per heavy atom. The fourth-order valence-electron chi connectivity index (χ4n) is 2.40. The van der Waals surface area contributed by atoms with Gasteiger partial charge in [0.05, 0.1) is 6.20 Å². The molecule has 0 fully saturated rings. The summed E-state index contributed by atoms with van der Waals surface area (Å²) in [5.41, 5.74) is 3.74. The molecule has 3 nitrogen and oxygen atoms in total. The molecule has 0 amide bonds. The zero-order chi connectivity index (χ0) is 14.4. The van der Waals surface area contributed by atoms with E-state index in [9.17, 15) is 0 Å². The van der Waals surface area contributed by atoms with Gasteiger partial charge in [-0.05, 0) is 56.0 Å². The van der Waals surface area contributed by atoms with Gasteiger partial charge in [0.25, 0.3) is 0 Å². The summed E-state index contributed by atoms with van der Waals surface area (Å²) in [5, 5.41) is 11.4. The van der Waals surface area contributed by atoms with E-state index in [4.69, 9.17) is 11.6 Å². The molecule has 0 radical (unpaired) electrons. The average Bonchev–Trinajstić information content (AvgIpc) is 2.84. The van der Waals surface area contributed by atoms with Gasteiger partial charge < -0.3 is 5.32 Å². The number of aromatic amines is 1. The molecule has 4 heteroatoms. The molecule has 2 N–H and O–H groups in total. The van der Waals surface area contributed by atoms with E-state index < -0.39 is 0 Å². The monoisotopic (exact) mass is 291 g/mol. The Bertz CT molecular complexity index is 536. The minimum Gasteiger partial charge on any atom is -0.310 e. The molecule has 1 aromatic heterocycles. The van der Waals surface area contributed by atoms with Crippen LogP contribution in [0.15, 0.2) is 30.5 Å². The molecule has 0 aliphatic carbocycles. The molecule has 20 heavy (non-hydrogen) atoms. The zero-order valence-corrected chi connectivity index (χ0v) is 12.9. The van der Waals surface area contributed by atoms with Crippen molar-refractivity contribution in [1.29, 1.82) is 0 Å². The molecule has 0 bridgehead atoms. The number of nitrogens with zero attached hydrogens (tertiary/aromatic N) is 1. The first-order chi connectivity index (χ1) is 9.70. The number of benzene rings is 1. The van der Waals surface area contributed by atoms with Crippen LogP contribution in [0, 0.1) is 6.92 Å². The first-order valence-corrected chi connectivity index (χ1v) is 7.56. The van der Waals surface area contributed by atoms with Crippen LogP contribution >= 0.6 is 11.6 Å². The number of halogens is 1. The maximum Gasteiger partial charge on any atom is 0.0522 e. The first kappa shape index (κ1) is 15.1. The second-order valence-electron chi connectivity index (χ2n) is 5.09. The van der Waals surface area contributed by atoms with Crippen LogP contribution in [0.5, 0.6) is 0 Å². The highest BCUT2D eigenvalue weighted by Crippen LogP contribution is 2.20. The molecule has 1 heterocycles. The Kier molecular flexibility index (Phi) is 5.62. The highest BCUT2D eigenvalue weighted by Gasteiger charge is 2.08. The van der Waals surface area contributed by atoms with Crippen LogP contribution in [0.1, 0.15) is 42.6 Å². The molecule has 2 rings (SSSR count). The van der Waals surface area contributed by atoms with Gasteiger partial charge in [0, 0.05) is 16.8 Å². The first-order valence-electron chi connectivity index (χ1n) is 7.18. The molecular formula is C16H22ClN3. The van der Waals surface area contributed by atoms with E-state index in [1.54, 1.807) is 0 Å². The van der Waals surface area contributed by atoms with Crippen molar-refractivity contribution < 1.29 is 0 Å². The van der Waals surface area contributed by atoms with Crippen molar-refractivity contribution in [3.8, 4) is 0 Å². The zero-order valence-electron chi connectivity index (χ0n) is 12.1. The Labute approximate surface area is 125 Å². The van der Waals surface area contributed by atoms with Gasteiger partial charge in [-0.3, -0.25) is 5.10 Å². The number of rotatable bonds is 7. The second kappa shape index (κ2) is 7.46. The number of nitrogens with one attached hydrogen (secondary N) is 2. The second-order valence-corrected chi connectivity index (χ2v) is 5.53. The minimum atomic E-state index is 0.374.